The van der Waals surface area contributed by atoms with Crippen LogP contribution in [0.15, 0.2) is 24.3 Å². The summed E-state index contributed by atoms with van der Waals surface area (Å²) < 4.78 is 42.4. The molecule has 0 aromatic heterocycles. The first-order valence-corrected chi connectivity index (χ1v) is 6.13. The maximum atomic E-state index is 12.4. The molecule has 1 aromatic carbocycles. The number of hydrogen-bond donors (Lipinski definition) is 0. The molecule has 19 heavy (non-hydrogen) atoms. The van der Waals surface area contributed by atoms with Gasteiger partial charge in [-0.2, -0.15) is 13.2 Å². The van der Waals surface area contributed by atoms with E-state index in [2.05, 4.69) is 0 Å². The Hall–Kier alpha value is -1.52. The van der Waals surface area contributed by atoms with Gasteiger partial charge in [0.1, 0.15) is 0 Å². The van der Waals surface area contributed by atoms with Crippen LogP contribution in [-0.2, 0) is 15.7 Å². The molecule has 0 fully saturated rings. The summed E-state index contributed by atoms with van der Waals surface area (Å²) in [5.41, 5.74) is -0.176. The zero-order chi connectivity index (χ0) is 14.6. The third kappa shape index (κ3) is 4.26. The number of rotatable bonds is 4. The molecule has 1 unspecified atom stereocenters. The second-order valence-electron chi connectivity index (χ2n) is 4.57. The minimum Gasteiger partial charge on any atom is -0.463 e. The average molecular weight is 274 g/mol. The zero-order valence-corrected chi connectivity index (χ0v) is 11.1. The number of esters is 1. The molecule has 0 aliphatic rings. The van der Waals surface area contributed by atoms with Gasteiger partial charge in [0.25, 0.3) is 0 Å². The highest BCUT2D eigenvalue weighted by atomic mass is 19.4. The molecule has 0 radical (unpaired) electrons. The summed E-state index contributed by atoms with van der Waals surface area (Å²) in [6.07, 6.45) is -4.12. The first-order valence-electron chi connectivity index (χ1n) is 6.13. The summed E-state index contributed by atoms with van der Waals surface area (Å²) >= 11 is 0. The molecule has 0 saturated heterocycles. The number of benzene rings is 1. The van der Waals surface area contributed by atoms with E-state index in [4.69, 9.17) is 4.74 Å². The largest absolute Gasteiger partial charge is 0.463 e. The van der Waals surface area contributed by atoms with Crippen LogP contribution in [0.4, 0.5) is 13.2 Å². The van der Waals surface area contributed by atoms with Gasteiger partial charge in [0, 0.05) is 0 Å². The molecule has 0 aliphatic heterocycles. The van der Waals surface area contributed by atoms with Crippen molar-refractivity contribution >= 4 is 5.97 Å². The van der Waals surface area contributed by atoms with Gasteiger partial charge in [-0.05, 0) is 38.0 Å². The van der Waals surface area contributed by atoms with Gasteiger partial charge in [0.2, 0.25) is 0 Å². The Labute approximate surface area is 110 Å². The number of hydrogen-bond acceptors (Lipinski definition) is 2. The lowest BCUT2D eigenvalue weighted by Gasteiger charge is -2.17. The molecule has 0 N–H and O–H groups in total. The van der Waals surface area contributed by atoms with Gasteiger partial charge in [0.05, 0.1) is 17.6 Å². The van der Waals surface area contributed by atoms with E-state index in [9.17, 15) is 18.0 Å². The summed E-state index contributed by atoms with van der Waals surface area (Å²) in [6.45, 7) is 5.26. The third-order valence-electron chi connectivity index (χ3n) is 2.69. The molecular weight excluding hydrogens is 257 g/mol. The Kier molecular flexibility index (Phi) is 4.97. The third-order valence-corrected chi connectivity index (χ3v) is 2.69. The molecule has 1 rings (SSSR count). The molecule has 1 aromatic rings. The van der Waals surface area contributed by atoms with Gasteiger partial charge in [-0.15, -0.1) is 0 Å². The van der Waals surface area contributed by atoms with Crippen LogP contribution >= 0.6 is 0 Å². The van der Waals surface area contributed by atoms with E-state index in [0.29, 0.717) is 12.0 Å². The smallest absolute Gasteiger partial charge is 0.416 e. The first-order chi connectivity index (χ1) is 8.75. The normalized spacial score (nSPS) is 13.4. The summed E-state index contributed by atoms with van der Waals surface area (Å²) in [5, 5.41) is 0. The second-order valence-corrected chi connectivity index (χ2v) is 4.57. The molecule has 0 saturated carbocycles. The Morgan fingerprint density at radius 1 is 1.21 bits per heavy atom. The van der Waals surface area contributed by atoms with Crippen molar-refractivity contribution in [3.63, 3.8) is 0 Å². The van der Waals surface area contributed by atoms with Gasteiger partial charge in [-0.3, -0.25) is 4.79 Å². The number of carbonyl (C=O) groups is 1. The highest BCUT2D eigenvalue weighted by molar-refractivity contribution is 5.78. The lowest BCUT2D eigenvalue weighted by Crippen LogP contribution is -2.19. The van der Waals surface area contributed by atoms with Crippen molar-refractivity contribution in [2.24, 2.45) is 0 Å². The average Bonchev–Trinajstić information content (AvgIpc) is 2.28. The quantitative estimate of drug-likeness (QED) is 0.771. The predicted molar refractivity (Wildman–Crippen MR) is 65.7 cm³/mol. The number of ether oxygens (including phenoxy) is 1. The highest BCUT2D eigenvalue weighted by Crippen LogP contribution is 2.31. The topological polar surface area (TPSA) is 26.3 Å². The molecule has 2 nitrogen and oxygen atoms in total. The fourth-order valence-corrected chi connectivity index (χ4v) is 1.76. The molecule has 0 spiro atoms. The molecule has 106 valence electrons. The van der Waals surface area contributed by atoms with Crippen LogP contribution in [0.5, 0.6) is 0 Å². The van der Waals surface area contributed by atoms with E-state index < -0.39 is 23.6 Å². The Bertz CT molecular complexity index is 421. The molecule has 1 atom stereocenters. The molecule has 5 heteroatoms. The van der Waals surface area contributed by atoms with Gasteiger partial charge < -0.3 is 4.74 Å². The van der Waals surface area contributed by atoms with Gasteiger partial charge in [-0.25, -0.2) is 0 Å². The fourth-order valence-electron chi connectivity index (χ4n) is 1.76. The standard InChI is InChI=1S/C14H17F3O2/c1-4-12(13(18)19-9(2)3)10-5-7-11(8-6-10)14(15,16)17/h5-9,12H,4H2,1-3H3. The van der Waals surface area contributed by atoms with Crippen molar-refractivity contribution in [2.75, 3.05) is 0 Å². The SMILES string of the molecule is CCC(C(=O)OC(C)C)c1ccc(C(F)(F)F)cc1. The number of carbonyl (C=O) groups excluding carboxylic acids is 1. The van der Waals surface area contributed by atoms with Crippen LogP contribution in [0.2, 0.25) is 0 Å². The minimum atomic E-state index is -4.36. The maximum Gasteiger partial charge on any atom is 0.416 e. The van der Waals surface area contributed by atoms with E-state index in [1.165, 1.54) is 12.1 Å². The van der Waals surface area contributed by atoms with Gasteiger partial charge >= 0.3 is 12.1 Å². The predicted octanol–water partition coefficient (Wildman–Crippen LogP) is 4.15. The van der Waals surface area contributed by atoms with Crippen LogP contribution in [0.25, 0.3) is 0 Å². The summed E-state index contributed by atoms with van der Waals surface area (Å²) in [6, 6.07) is 4.64. The van der Waals surface area contributed by atoms with Gasteiger partial charge in [-0.1, -0.05) is 19.1 Å². The fraction of sp³-hybridized carbons (Fsp3) is 0.500. The highest BCUT2D eigenvalue weighted by Gasteiger charge is 2.30. The minimum absolute atomic E-state index is 0.240. The van der Waals surface area contributed by atoms with Crippen molar-refractivity contribution in [1.82, 2.24) is 0 Å². The molecule has 0 amide bonds. The molecule has 0 aliphatic carbocycles. The van der Waals surface area contributed by atoms with E-state index in [-0.39, 0.29) is 6.10 Å². The summed E-state index contributed by atoms with van der Waals surface area (Å²) in [5.74, 6) is -0.929. The van der Waals surface area contributed by atoms with Crippen LogP contribution < -0.4 is 0 Å². The number of alkyl halides is 3. The first kappa shape index (κ1) is 15.5. The van der Waals surface area contributed by atoms with Crippen molar-refractivity contribution in [2.45, 2.75) is 45.4 Å². The van der Waals surface area contributed by atoms with Crippen LogP contribution in [-0.4, -0.2) is 12.1 Å². The van der Waals surface area contributed by atoms with E-state index in [1.54, 1.807) is 20.8 Å². The lowest BCUT2D eigenvalue weighted by atomic mass is 9.95. The Balaban J connectivity index is 2.91. The molecular formula is C14H17F3O2. The van der Waals surface area contributed by atoms with E-state index >= 15 is 0 Å². The monoisotopic (exact) mass is 274 g/mol. The maximum absolute atomic E-state index is 12.4. The van der Waals surface area contributed by atoms with Crippen molar-refractivity contribution in [3.05, 3.63) is 35.4 Å². The van der Waals surface area contributed by atoms with Crippen molar-refractivity contribution in [3.8, 4) is 0 Å². The van der Waals surface area contributed by atoms with Crippen LogP contribution in [0, 0.1) is 0 Å². The van der Waals surface area contributed by atoms with E-state index in [0.717, 1.165) is 12.1 Å². The number of halogens is 3. The van der Waals surface area contributed by atoms with Crippen LogP contribution in [0.3, 0.4) is 0 Å². The Morgan fingerprint density at radius 2 is 1.74 bits per heavy atom. The second kappa shape index (κ2) is 6.08. The molecule has 0 bridgehead atoms. The zero-order valence-electron chi connectivity index (χ0n) is 11.1. The van der Waals surface area contributed by atoms with Crippen LogP contribution in [0.1, 0.15) is 44.2 Å². The lowest BCUT2D eigenvalue weighted by molar-refractivity contribution is -0.149. The summed E-state index contributed by atoms with van der Waals surface area (Å²) in [4.78, 5) is 11.8. The van der Waals surface area contributed by atoms with Gasteiger partial charge in [0.15, 0.2) is 0 Å². The Morgan fingerprint density at radius 3 is 2.11 bits per heavy atom. The summed E-state index contributed by atoms with van der Waals surface area (Å²) in [7, 11) is 0. The van der Waals surface area contributed by atoms with Crippen molar-refractivity contribution in [1.29, 1.82) is 0 Å². The van der Waals surface area contributed by atoms with E-state index in [1.807, 2.05) is 0 Å². The van der Waals surface area contributed by atoms with Crippen molar-refractivity contribution < 1.29 is 22.7 Å². The molecule has 0 heterocycles.